The maximum absolute atomic E-state index is 11.5. The number of carbonyl (C=O) groups is 1. The zero-order chi connectivity index (χ0) is 14.2. The van der Waals surface area contributed by atoms with E-state index in [2.05, 4.69) is 36.9 Å². The predicted octanol–water partition coefficient (Wildman–Crippen LogP) is 2.85. The summed E-state index contributed by atoms with van der Waals surface area (Å²) in [5.41, 5.74) is 5.92. The largest absolute Gasteiger partial charge is 0.506 e. The van der Waals surface area contributed by atoms with E-state index in [-0.39, 0.29) is 10.9 Å². The van der Waals surface area contributed by atoms with E-state index in [9.17, 15) is 9.90 Å². The van der Waals surface area contributed by atoms with E-state index in [0.29, 0.717) is 25.2 Å². The third kappa shape index (κ3) is 2.80. The Morgan fingerprint density at radius 3 is 2.74 bits per heavy atom. The minimum Gasteiger partial charge on any atom is -0.506 e. The van der Waals surface area contributed by atoms with Crippen LogP contribution in [0.3, 0.4) is 0 Å². The number of rotatable bonds is 2. The summed E-state index contributed by atoms with van der Waals surface area (Å²) in [6.07, 6.45) is 1.53. The van der Waals surface area contributed by atoms with Gasteiger partial charge in [0.15, 0.2) is 10.9 Å². The molecule has 2 rings (SSSR count). The molecule has 1 amide bonds. The van der Waals surface area contributed by atoms with Crippen molar-refractivity contribution in [1.29, 1.82) is 0 Å². The fourth-order valence-corrected chi connectivity index (χ4v) is 3.62. The molecule has 1 aromatic rings. The van der Waals surface area contributed by atoms with Crippen molar-refractivity contribution in [1.82, 2.24) is 0 Å². The molecule has 3 N–H and O–H groups in total. The van der Waals surface area contributed by atoms with Crippen LogP contribution in [-0.2, 0) is 4.79 Å². The highest BCUT2D eigenvalue weighted by Crippen LogP contribution is 2.43. The number of aliphatic imine (C=N–C) groups is 1. The van der Waals surface area contributed by atoms with Crippen LogP contribution in [0.15, 0.2) is 24.9 Å². The van der Waals surface area contributed by atoms with Crippen LogP contribution < -0.4 is 10.5 Å². The van der Waals surface area contributed by atoms with Gasteiger partial charge in [0, 0.05) is 5.56 Å². The molecule has 0 fully saturated rings. The summed E-state index contributed by atoms with van der Waals surface area (Å²) in [6, 6.07) is 1.65. The van der Waals surface area contributed by atoms with Crippen LogP contribution in [0.5, 0.6) is 11.5 Å². The first-order valence-corrected chi connectivity index (χ1v) is 7.37. The number of hydrogen-bond acceptors (Lipinski definition) is 5. The summed E-state index contributed by atoms with van der Waals surface area (Å²) in [5.74, 6) is 0.0391. The number of aromatic hydroxyl groups is 1. The minimum atomic E-state index is -0.412. The minimum absolute atomic E-state index is 0.0218. The standard InChI is InChI=1S/C11H8Br2N2O3S/c1-18-9-5(12)2-4(8(16)7(9)13)3-6-10(17)15-11(14)19-6/h2-3,16H,1H3,(H2,14,15,17). The van der Waals surface area contributed by atoms with Crippen molar-refractivity contribution in [3.8, 4) is 11.5 Å². The summed E-state index contributed by atoms with van der Waals surface area (Å²) < 4.78 is 6.18. The highest BCUT2D eigenvalue weighted by atomic mass is 79.9. The predicted molar refractivity (Wildman–Crippen MR) is 82.3 cm³/mol. The average Bonchev–Trinajstić information content (AvgIpc) is 2.65. The van der Waals surface area contributed by atoms with Crippen LogP contribution in [0.4, 0.5) is 0 Å². The summed E-state index contributed by atoms with van der Waals surface area (Å²) >= 11 is 7.63. The van der Waals surface area contributed by atoms with E-state index in [1.807, 2.05) is 0 Å². The lowest BCUT2D eigenvalue weighted by Gasteiger charge is -2.10. The van der Waals surface area contributed by atoms with Gasteiger partial charge in [-0.05, 0) is 55.8 Å². The highest BCUT2D eigenvalue weighted by Gasteiger charge is 2.21. The molecule has 0 aliphatic carbocycles. The molecule has 5 nitrogen and oxygen atoms in total. The zero-order valence-corrected chi connectivity index (χ0v) is 13.6. The topological polar surface area (TPSA) is 84.9 Å². The second kappa shape index (κ2) is 5.56. The summed E-state index contributed by atoms with van der Waals surface area (Å²) in [4.78, 5) is 15.5. The smallest absolute Gasteiger partial charge is 0.286 e. The van der Waals surface area contributed by atoms with Crippen molar-refractivity contribution in [2.75, 3.05) is 7.11 Å². The molecule has 0 saturated heterocycles. The third-order valence-electron chi connectivity index (χ3n) is 2.31. The normalized spacial score (nSPS) is 16.9. The van der Waals surface area contributed by atoms with E-state index in [0.717, 1.165) is 11.8 Å². The fraction of sp³-hybridized carbons (Fsp3) is 0.0909. The van der Waals surface area contributed by atoms with Crippen molar-refractivity contribution in [2.45, 2.75) is 0 Å². The van der Waals surface area contributed by atoms with Crippen molar-refractivity contribution < 1.29 is 14.6 Å². The van der Waals surface area contributed by atoms with Gasteiger partial charge in [-0.25, -0.2) is 0 Å². The van der Waals surface area contributed by atoms with Crippen molar-refractivity contribution in [3.05, 3.63) is 25.5 Å². The Labute approximate surface area is 130 Å². The van der Waals surface area contributed by atoms with Gasteiger partial charge in [0.1, 0.15) is 10.2 Å². The Kier molecular flexibility index (Phi) is 4.22. The molecule has 8 heteroatoms. The molecule has 0 radical (unpaired) electrons. The number of halogens is 2. The van der Waals surface area contributed by atoms with E-state index in [1.54, 1.807) is 6.07 Å². The number of nitrogens with two attached hydrogens (primary N) is 1. The molecule has 19 heavy (non-hydrogen) atoms. The number of nitrogens with zero attached hydrogens (tertiary/aromatic N) is 1. The second-order valence-electron chi connectivity index (χ2n) is 3.51. The van der Waals surface area contributed by atoms with E-state index in [1.165, 1.54) is 13.2 Å². The summed E-state index contributed by atoms with van der Waals surface area (Å²) in [7, 11) is 1.49. The second-order valence-corrected chi connectivity index (χ2v) is 6.22. The van der Waals surface area contributed by atoms with Crippen LogP contribution in [0.1, 0.15) is 5.56 Å². The van der Waals surface area contributed by atoms with Crippen molar-refractivity contribution in [3.63, 3.8) is 0 Å². The number of ether oxygens (including phenoxy) is 1. The molecule has 0 saturated carbocycles. The van der Waals surface area contributed by atoms with Gasteiger partial charge in [-0.2, -0.15) is 4.99 Å². The van der Waals surface area contributed by atoms with Crippen LogP contribution in [0, 0.1) is 0 Å². The van der Waals surface area contributed by atoms with Gasteiger partial charge in [0.05, 0.1) is 16.5 Å². The number of amidine groups is 1. The number of thioether (sulfide) groups is 1. The molecule has 100 valence electrons. The van der Waals surface area contributed by atoms with E-state index in [4.69, 9.17) is 10.5 Å². The first-order valence-electron chi connectivity index (χ1n) is 4.97. The lowest BCUT2D eigenvalue weighted by molar-refractivity contribution is -0.113. The quantitative estimate of drug-likeness (QED) is 0.736. The molecule has 0 atom stereocenters. The summed E-state index contributed by atoms with van der Waals surface area (Å²) in [6.45, 7) is 0. The van der Waals surface area contributed by atoms with Gasteiger partial charge >= 0.3 is 0 Å². The molecule has 1 aliphatic heterocycles. The first-order chi connectivity index (χ1) is 8.93. The lowest BCUT2D eigenvalue weighted by Crippen LogP contribution is -2.01. The maximum Gasteiger partial charge on any atom is 0.286 e. The number of methoxy groups -OCH3 is 1. The SMILES string of the molecule is COc1c(Br)cc(C=C2SC(N)=NC2=O)c(O)c1Br. The average molecular weight is 408 g/mol. The molecule has 0 unspecified atom stereocenters. The number of phenolic OH excluding ortho intramolecular Hbond substituents is 1. The van der Waals surface area contributed by atoms with E-state index >= 15 is 0 Å². The molecule has 0 bridgehead atoms. The van der Waals surface area contributed by atoms with Crippen LogP contribution in [0.25, 0.3) is 6.08 Å². The van der Waals surface area contributed by atoms with Crippen molar-refractivity contribution >= 4 is 60.8 Å². The van der Waals surface area contributed by atoms with Gasteiger partial charge in [0.2, 0.25) is 0 Å². The number of hydrogen-bond donors (Lipinski definition) is 2. The Morgan fingerprint density at radius 1 is 1.53 bits per heavy atom. The van der Waals surface area contributed by atoms with Crippen LogP contribution in [0.2, 0.25) is 0 Å². The Morgan fingerprint density at radius 2 is 2.21 bits per heavy atom. The van der Waals surface area contributed by atoms with Gasteiger partial charge in [0.25, 0.3) is 5.91 Å². The summed E-state index contributed by atoms with van der Waals surface area (Å²) in [5, 5.41) is 10.3. The molecule has 0 aromatic heterocycles. The van der Waals surface area contributed by atoms with Gasteiger partial charge < -0.3 is 15.6 Å². The molecular weight excluding hydrogens is 400 g/mol. The van der Waals surface area contributed by atoms with Gasteiger partial charge in [-0.15, -0.1) is 0 Å². The Bertz CT molecular complexity index is 629. The molecule has 0 spiro atoms. The van der Waals surface area contributed by atoms with Crippen LogP contribution >= 0.6 is 43.6 Å². The molecule has 1 aromatic carbocycles. The Hall–Kier alpha value is -0.990. The van der Waals surface area contributed by atoms with Crippen LogP contribution in [-0.4, -0.2) is 23.3 Å². The lowest BCUT2D eigenvalue weighted by atomic mass is 10.1. The van der Waals surface area contributed by atoms with E-state index < -0.39 is 5.91 Å². The molecular formula is C11H8Br2N2O3S. The molecule has 1 heterocycles. The first kappa shape index (κ1) is 14.4. The number of amides is 1. The number of carbonyl (C=O) groups excluding carboxylic acids is 1. The fourth-order valence-electron chi connectivity index (χ4n) is 1.47. The molecule has 1 aliphatic rings. The zero-order valence-electron chi connectivity index (χ0n) is 9.61. The number of benzene rings is 1. The number of phenols is 1. The monoisotopic (exact) mass is 406 g/mol. The van der Waals surface area contributed by atoms with Crippen molar-refractivity contribution in [2.24, 2.45) is 10.7 Å². The Balaban J connectivity index is 2.48. The van der Waals surface area contributed by atoms with Gasteiger partial charge in [-0.3, -0.25) is 4.79 Å². The van der Waals surface area contributed by atoms with Gasteiger partial charge in [-0.1, -0.05) is 0 Å². The highest BCUT2D eigenvalue weighted by molar-refractivity contribution is 9.11. The third-order valence-corrected chi connectivity index (χ3v) is 4.45. The maximum atomic E-state index is 11.5.